The highest BCUT2D eigenvalue weighted by Gasteiger charge is 2.28. The average molecular weight is 469 g/mol. The molecule has 0 aliphatic carbocycles. The van der Waals surface area contributed by atoms with Gasteiger partial charge in [0.05, 0.1) is 18.7 Å². The molecule has 2 heterocycles. The van der Waals surface area contributed by atoms with Gasteiger partial charge in [-0.05, 0) is 80.4 Å². The number of hydrogen-bond acceptors (Lipinski definition) is 4. The van der Waals surface area contributed by atoms with E-state index in [0.717, 1.165) is 46.9 Å². The number of nitrogens with zero attached hydrogens (tertiary/aromatic N) is 2. The van der Waals surface area contributed by atoms with Gasteiger partial charge in [-0.15, -0.1) is 0 Å². The quantitative estimate of drug-likeness (QED) is 0.274. The number of rotatable bonds is 15. The Bertz CT molecular complexity index is 840. The number of benzene rings is 1. The standard InChI is InChI=1S/C30H48N2O2/c1-4-6-7-8-9-10-11-12-20-32-21-18-25(24(5-2)23-32)13-16-30(33)27-17-19-31-29-15-14-26(34-3)22-28(27)29/h14-15,17,19,22,24-25,30,33H,4-13,16,18,20-21,23H2,1-3H3/t24-,25+,30+/m0/s1. The number of piperidine rings is 1. The highest BCUT2D eigenvalue weighted by molar-refractivity contribution is 5.83. The Morgan fingerprint density at radius 1 is 1.03 bits per heavy atom. The number of hydrogen-bond donors (Lipinski definition) is 1. The van der Waals surface area contributed by atoms with Crippen LogP contribution in [0.3, 0.4) is 0 Å². The van der Waals surface area contributed by atoms with Crippen molar-refractivity contribution < 1.29 is 9.84 Å². The minimum Gasteiger partial charge on any atom is -0.497 e. The normalized spacial score (nSPS) is 20.0. The molecule has 4 heteroatoms. The fourth-order valence-electron chi connectivity index (χ4n) is 5.76. The largest absolute Gasteiger partial charge is 0.497 e. The molecule has 0 bridgehead atoms. The molecule has 1 saturated heterocycles. The average Bonchev–Trinajstić information content (AvgIpc) is 2.88. The lowest BCUT2D eigenvalue weighted by atomic mass is 9.80. The zero-order chi connectivity index (χ0) is 24.2. The van der Waals surface area contributed by atoms with Gasteiger partial charge in [-0.3, -0.25) is 4.98 Å². The van der Waals surface area contributed by atoms with Gasteiger partial charge in [0.1, 0.15) is 5.75 Å². The first-order chi connectivity index (χ1) is 16.7. The van der Waals surface area contributed by atoms with Crippen LogP contribution in [0.5, 0.6) is 5.75 Å². The van der Waals surface area contributed by atoms with Gasteiger partial charge in [0.15, 0.2) is 0 Å². The van der Waals surface area contributed by atoms with E-state index in [0.29, 0.717) is 0 Å². The van der Waals surface area contributed by atoms with Crippen LogP contribution < -0.4 is 4.74 Å². The number of unbranched alkanes of at least 4 members (excludes halogenated alkanes) is 7. The number of likely N-dealkylation sites (tertiary alicyclic amines) is 1. The summed E-state index contributed by atoms with van der Waals surface area (Å²) in [5.41, 5.74) is 1.89. The predicted molar refractivity (Wildman–Crippen MR) is 143 cm³/mol. The maximum Gasteiger partial charge on any atom is 0.119 e. The predicted octanol–water partition coefficient (Wildman–Crippen LogP) is 7.55. The molecule has 3 rings (SSSR count). The van der Waals surface area contributed by atoms with E-state index in [-0.39, 0.29) is 0 Å². The van der Waals surface area contributed by atoms with Gasteiger partial charge in [-0.2, -0.15) is 0 Å². The van der Waals surface area contributed by atoms with Gasteiger partial charge in [0, 0.05) is 18.1 Å². The maximum absolute atomic E-state index is 11.1. The first-order valence-electron chi connectivity index (χ1n) is 14.0. The second-order valence-electron chi connectivity index (χ2n) is 10.4. The van der Waals surface area contributed by atoms with E-state index in [4.69, 9.17) is 4.74 Å². The molecule has 1 N–H and O–H groups in total. The van der Waals surface area contributed by atoms with Crippen molar-refractivity contribution in [3.63, 3.8) is 0 Å². The molecule has 34 heavy (non-hydrogen) atoms. The summed E-state index contributed by atoms with van der Waals surface area (Å²) in [6, 6.07) is 7.87. The molecular formula is C30H48N2O2. The van der Waals surface area contributed by atoms with Crippen LogP contribution in [0, 0.1) is 11.8 Å². The van der Waals surface area contributed by atoms with Crippen LogP contribution in [-0.2, 0) is 0 Å². The molecular weight excluding hydrogens is 420 g/mol. The molecule has 1 fully saturated rings. The van der Waals surface area contributed by atoms with Crippen molar-refractivity contribution in [2.45, 2.75) is 97.0 Å². The van der Waals surface area contributed by atoms with Crippen molar-refractivity contribution in [3.05, 3.63) is 36.0 Å². The van der Waals surface area contributed by atoms with Crippen LogP contribution in [0.4, 0.5) is 0 Å². The molecule has 1 aromatic carbocycles. The highest BCUT2D eigenvalue weighted by atomic mass is 16.5. The molecule has 190 valence electrons. The smallest absolute Gasteiger partial charge is 0.119 e. The van der Waals surface area contributed by atoms with Gasteiger partial charge >= 0.3 is 0 Å². The zero-order valence-electron chi connectivity index (χ0n) is 22.0. The summed E-state index contributed by atoms with van der Waals surface area (Å²) in [5, 5.41) is 12.1. The van der Waals surface area contributed by atoms with Crippen molar-refractivity contribution in [3.8, 4) is 5.75 Å². The molecule has 0 radical (unpaired) electrons. The van der Waals surface area contributed by atoms with Crippen molar-refractivity contribution in [2.75, 3.05) is 26.7 Å². The summed E-state index contributed by atoms with van der Waals surface area (Å²) in [5.74, 6) is 2.28. The summed E-state index contributed by atoms with van der Waals surface area (Å²) in [4.78, 5) is 7.17. The van der Waals surface area contributed by atoms with Crippen LogP contribution in [-0.4, -0.2) is 41.7 Å². The van der Waals surface area contributed by atoms with Gasteiger partial charge in [-0.25, -0.2) is 0 Å². The lowest BCUT2D eigenvalue weighted by Gasteiger charge is -2.39. The van der Waals surface area contributed by atoms with Crippen LogP contribution in [0.1, 0.15) is 103 Å². The number of pyridine rings is 1. The Kier molecular flexibility index (Phi) is 11.6. The molecule has 2 aromatic rings. The zero-order valence-corrected chi connectivity index (χ0v) is 22.0. The SMILES string of the molecule is CCCCCCCCCCN1CC[C@@H](CC[C@@H](O)c2ccnc3ccc(OC)cc23)[C@@H](CC)C1. The van der Waals surface area contributed by atoms with Gasteiger partial charge in [0.2, 0.25) is 0 Å². The van der Waals surface area contributed by atoms with E-state index in [1.54, 1.807) is 7.11 Å². The minimum absolute atomic E-state index is 0.453. The van der Waals surface area contributed by atoms with Crippen LogP contribution in [0.2, 0.25) is 0 Å². The minimum atomic E-state index is -0.453. The van der Waals surface area contributed by atoms with Gasteiger partial charge in [0.25, 0.3) is 0 Å². The number of aromatic nitrogens is 1. The number of methoxy groups -OCH3 is 1. The number of ether oxygens (including phenoxy) is 1. The van der Waals surface area contributed by atoms with Crippen molar-refractivity contribution >= 4 is 10.9 Å². The number of fused-ring (bicyclic) bond motifs is 1. The molecule has 0 unspecified atom stereocenters. The van der Waals surface area contributed by atoms with Crippen molar-refractivity contribution in [2.24, 2.45) is 11.8 Å². The van der Waals surface area contributed by atoms with E-state index < -0.39 is 6.10 Å². The van der Waals surface area contributed by atoms with E-state index in [1.807, 2.05) is 30.5 Å². The van der Waals surface area contributed by atoms with E-state index >= 15 is 0 Å². The molecule has 0 amide bonds. The fraction of sp³-hybridized carbons (Fsp3) is 0.700. The lowest BCUT2D eigenvalue weighted by molar-refractivity contribution is 0.0903. The first kappa shape index (κ1) is 26.9. The lowest BCUT2D eigenvalue weighted by Crippen LogP contribution is -2.40. The molecule has 1 aromatic heterocycles. The first-order valence-corrected chi connectivity index (χ1v) is 14.0. The third-order valence-electron chi connectivity index (χ3n) is 7.98. The summed E-state index contributed by atoms with van der Waals surface area (Å²) in [6.07, 6.45) is 16.9. The second kappa shape index (κ2) is 14.7. The maximum atomic E-state index is 11.1. The summed E-state index contributed by atoms with van der Waals surface area (Å²) >= 11 is 0. The Morgan fingerprint density at radius 2 is 1.79 bits per heavy atom. The van der Waals surface area contributed by atoms with E-state index in [9.17, 15) is 5.11 Å². The summed E-state index contributed by atoms with van der Waals surface area (Å²) in [7, 11) is 1.68. The van der Waals surface area contributed by atoms with Gasteiger partial charge < -0.3 is 14.7 Å². The number of aliphatic hydroxyl groups is 1. The van der Waals surface area contributed by atoms with Crippen molar-refractivity contribution in [1.82, 2.24) is 9.88 Å². The Hall–Kier alpha value is -1.65. The van der Waals surface area contributed by atoms with Gasteiger partial charge in [-0.1, -0.05) is 65.2 Å². The molecule has 3 atom stereocenters. The second-order valence-corrected chi connectivity index (χ2v) is 10.4. The van der Waals surface area contributed by atoms with Crippen molar-refractivity contribution in [1.29, 1.82) is 0 Å². The third kappa shape index (κ3) is 7.95. The van der Waals surface area contributed by atoms with E-state index in [1.165, 1.54) is 83.8 Å². The molecule has 1 aliphatic heterocycles. The summed E-state index contributed by atoms with van der Waals surface area (Å²) < 4.78 is 5.40. The molecule has 0 spiro atoms. The fourth-order valence-corrected chi connectivity index (χ4v) is 5.76. The Balaban J connectivity index is 1.43. The topological polar surface area (TPSA) is 45.6 Å². The number of aliphatic hydroxyl groups excluding tert-OH is 1. The van der Waals surface area contributed by atoms with E-state index in [2.05, 4.69) is 23.7 Å². The van der Waals surface area contributed by atoms with Crippen LogP contribution in [0.25, 0.3) is 10.9 Å². The molecule has 1 aliphatic rings. The summed E-state index contributed by atoms with van der Waals surface area (Å²) in [6.45, 7) is 8.36. The highest BCUT2D eigenvalue weighted by Crippen LogP contribution is 2.34. The third-order valence-corrected chi connectivity index (χ3v) is 7.98. The van der Waals surface area contributed by atoms with Crippen LogP contribution in [0.15, 0.2) is 30.5 Å². The molecule has 4 nitrogen and oxygen atoms in total. The van der Waals surface area contributed by atoms with Crippen LogP contribution >= 0.6 is 0 Å². The Labute approximate surface area is 208 Å². The monoisotopic (exact) mass is 468 g/mol. The molecule has 0 saturated carbocycles. The Morgan fingerprint density at radius 3 is 2.53 bits per heavy atom.